The topological polar surface area (TPSA) is 80.5 Å². The maximum absolute atomic E-state index is 12.5. The van der Waals surface area contributed by atoms with Crippen LogP contribution >= 0.6 is 0 Å². The van der Waals surface area contributed by atoms with Crippen molar-refractivity contribution in [3.05, 3.63) is 35.9 Å². The first-order valence-corrected chi connectivity index (χ1v) is 10.0. The second-order valence-electron chi connectivity index (χ2n) is 6.82. The predicted octanol–water partition coefficient (Wildman–Crippen LogP) is 1.33. The fourth-order valence-electron chi connectivity index (χ4n) is 3.20. The normalized spacial score (nSPS) is 23.5. The van der Waals surface area contributed by atoms with Gasteiger partial charge in [0.2, 0.25) is 5.91 Å². The number of piperidine rings is 1. The number of benzene rings is 1. The molecule has 0 aliphatic carbocycles. The van der Waals surface area contributed by atoms with Gasteiger partial charge in [-0.05, 0) is 24.8 Å². The Kier molecular flexibility index (Phi) is 5.47. The fourth-order valence-corrected chi connectivity index (χ4v) is 3.88. The maximum atomic E-state index is 12.5. The number of carbonyl (C=O) groups is 1. The van der Waals surface area contributed by atoms with Crippen LogP contribution in [0.3, 0.4) is 0 Å². The van der Waals surface area contributed by atoms with Crippen LogP contribution in [0, 0.1) is 0 Å². The molecule has 1 aromatic rings. The zero-order valence-electron chi connectivity index (χ0n) is 13.9. The summed E-state index contributed by atoms with van der Waals surface area (Å²) in [6.45, 7) is 3.49. The molecule has 5 nitrogen and oxygen atoms in total. The molecule has 2 atom stereocenters. The monoisotopic (exact) mass is 338 g/mol. The highest BCUT2D eigenvalue weighted by atomic mass is 32.2. The maximum Gasteiger partial charge on any atom is 0.239 e. The largest absolute Gasteiger partial charge is 0.340 e. The van der Waals surface area contributed by atoms with Gasteiger partial charge in [-0.15, -0.1) is 0 Å². The van der Waals surface area contributed by atoms with Gasteiger partial charge in [0.1, 0.15) is 9.84 Å². The SMILES string of the molecule is C[C@]1(c2ccccc2)CCCN(C(=O)[C@H](N)CCS(C)(=O)=O)C1. The van der Waals surface area contributed by atoms with Crippen LogP contribution in [-0.2, 0) is 20.0 Å². The van der Waals surface area contributed by atoms with E-state index in [0.717, 1.165) is 19.1 Å². The average molecular weight is 338 g/mol. The summed E-state index contributed by atoms with van der Waals surface area (Å²) in [5.41, 5.74) is 7.07. The van der Waals surface area contributed by atoms with Gasteiger partial charge in [0.15, 0.2) is 0 Å². The van der Waals surface area contributed by atoms with Crippen LogP contribution in [0.1, 0.15) is 31.7 Å². The Morgan fingerprint density at radius 1 is 1.35 bits per heavy atom. The summed E-state index contributed by atoms with van der Waals surface area (Å²) in [6, 6.07) is 9.45. The molecule has 2 N–H and O–H groups in total. The van der Waals surface area contributed by atoms with E-state index >= 15 is 0 Å². The zero-order chi connectivity index (χ0) is 17.1. The molecule has 1 amide bonds. The number of hydrogen-bond acceptors (Lipinski definition) is 4. The molecule has 1 aromatic carbocycles. The van der Waals surface area contributed by atoms with Gasteiger partial charge in [-0.3, -0.25) is 4.79 Å². The third-order valence-electron chi connectivity index (χ3n) is 4.60. The van der Waals surface area contributed by atoms with E-state index in [-0.39, 0.29) is 23.5 Å². The van der Waals surface area contributed by atoms with E-state index < -0.39 is 15.9 Å². The number of carbonyl (C=O) groups excluding carboxylic acids is 1. The van der Waals surface area contributed by atoms with Crippen molar-refractivity contribution >= 4 is 15.7 Å². The minimum Gasteiger partial charge on any atom is -0.340 e. The van der Waals surface area contributed by atoms with Crippen LogP contribution in [0.2, 0.25) is 0 Å². The first-order valence-electron chi connectivity index (χ1n) is 7.99. The molecule has 128 valence electrons. The molecule has 6 heteroatoms. The number of amides is 1. The second-order valence-corrected chi connectivity index (χ2v) is 9.07. The Bertz CT molecular complexity index is 645. The number of sulfone groups is 1. The van der Waals surface area contributed by atoms with Crippen molar-refractivity contribution in [1.82, 2.24) is 4.90 Å². The first kappa shape index (κ1) is 17.9. The Labute approximate surface area is 138 Å². The molecule has 23 heavy (non-hydrogen) atoms. The molecule has 0 saturated carbocycles. The smallest absolute Gasteiger partial charge is 0.239 e. The molecule has 0 bridgehead atoms. The molecule has 2 rings (SSSR count). The van der Waals surface area contributed by atoms with Crippen molar-refractivity contribution in [2.24, 2.45) is 5.73 Å². The van der Waals surface area contributed by atoms with Crippen LogP contribution in [0.4, 0.5) is 0 Å². The molecule has 0 spiro atoms. The van der Waals surface area contributed by atoms with E-state index in [4.69, 9.17) is 5.73 Å². The van der Waals surface area contributed by atoms with Gasteiger partial charge in [-0.2, -0.15) is 0 Å². The van der Waals surface area contributed by atoms with Gasteiger partial charge >= 0.3 is 0 Å². The molecule has 1 aliphatic rings. The minimum atomic E-state index is -3.10. The van der Waals surface area contributed by atoms with E-state index in [0.29, 0.717) is 13.1 Å². The number of hydrogen-bond donors (Lipinski definition) is 1. The lowest BCUT2D eigenvalue weighted by atomic mass is 9.76. The summed E-state index contributed by atoms with van der Waals surface area (Å²) in [5, 5.41) is 0. The Morgan fingerprint density at radius 3 is 2.61 bits per heavy atom. The molecule has 1 aliphatic heterocycles. The highest BCUT2D eigenvalue weighted by molar-refractivity contribution is 7.90. The minimum absolute atomic E-state index is 0.0519. The lowest BCUT2D eigenvalue weighted by molar-refractivity contribution is -0.134. The average Bonchev–Trinajstić information content (AvgIpc) is 2.52. The third kappa shape index (κ3) is 4.78. The molecule has 0 aromatic heterocycles. The lowest BCUT2D eigenvalue weighted by Crippen LogP contribution is -2.52. The number of nitrogens with zero attached hydrogens (tertiary/aromatic N) is 1. The predicted molar refractivity (Wildman–Crippen MR) is 91.9 cm³/mol. The zero-order valence-corrected chi connectivity index (χ0v) is 14.7. The van der Waals surface area contributed by atoms with Crippen molar-refractivity contribution in [1.29, 1.82) is 0 Å². The van der Waals surface area contributed by atoms with E-state index in [9.17, 15) is 13.2 Å². The summed E-state index contributed by atoms with van der Waals surface area (Å²) < 4.78 is 22.5. The summed E-state index contributed by atoms with van der Waals surface area (Å²) in [6.07, 6.45) is 3.29. The van der Waals surface area contributed by atoms with Gasteiger partial charge in [-0.1, -0.05) is 37.3 Å². The van der Waals surface area contributed by atoms with Crippen molar-refractivity contribution in [2.75, 3.05) is 25.1 Å². The molecular formula is C17H26N2O3S. The molecule has 0 unspecified atom stereocenters. The van der Waals surface area contributed by atoms with Crippen LogP contribution in [-0.4, -0.2) is 50.4 Å². The van der Waals surface area contributed by atoms with E-state index in [1.54, 1.807) is 4.90 Å². The van der Waals surface area contributed by atoms with Gasteiger partial charge in [0, 0.05) is 24.8 Å². The summed E-state index contributed by atoms with van der Waals surface area (Å²) >= 11 is 0. The lowest BCUT2D eigenvalue weighted by Gasteiger charge is -2.41. The fraction of sp³-hybridized carbons (Fsp3) is 0.588. The highest BCUT2D eigenvalue weighted by Crippen LogP contribution is 2.33. The molecule has 1 heterocycles. The van der Waals surface area contributed by atoms with Crippen LogP contribution in [0.5, 0.6) is 0 Å². The van der Waals surface area contributed by atoms with E-state index in [1.165, 1.54) is 5.56 Å². The van der Waals surface area contributed by atoms with Crippen molar-refractivity contribution in [2.45, 2.75) is 37.6 Å². The molecule has 1 saturated heterocycles. The number of nitrogens with two attached hydrogens (primary N) is 1. The van der Waals surface area contributed by atoms with Crippen LogP contribution in [0.25, 0.3) is 0 Å². The summed E-state index contributed by atoms with van der Waals surface area (Å²) in [5.74, 6) is -0.195. The molecule has 0 radical (unpaired) electrons. The van der Waals surface area contributed by atoms with Crippen LogP contribution < -0.4 is 5.73 Å². The van der Waals surface area contributed by atoms with Gasteiger partial charge < -0.3 is 10.6 Å². The highest BCUT2D eigenvalue weighted by Gasteiger charge is 2.35. The van der Waals surface area contributed by atoms with Crippen molar-refractivity contribution in [3.8, 4) is 0 Å². The van der Waals surface area contributed by atoms with E-state index in [2.05, 4.69) is 19.1 Å². The quantitative estimate of drug-likeness (QED) is 0.878. The van der Waals surface area contributed by atoms with Gasteiger partial charge in [-0.25, -0.2) is 8.42 Å². The van der Waals surface area contributed by atoms with Gasteiger partial charge in [0.05, 0.1) is 11.8 Å². The second kappa shape index (κ2) is 7.01. The molecule has 1 fully saturated rings. The first-order chi connectivity index (χ1) is 10.7. The molecular weight excluding hydrogens is 312 g/mol. The summed E-state index contributed by atoms with van der Waals surface area (Å²) in [7, 11) is -3.10. The van der Waals surface area contributed by atoms with Gasteiger partial charge in [0.25, 0.3) is 0 Å². The van der Waals surface area contributed by atoms with E-state index in [1.807, 2.05) is 18.2 Å². The Balaban J connectivity index is 2.04. The standard InChI is InChI=1S/C17H26N2O3S/c1-17(14-7-4-3-5-8-14)10-6-11-19(13-17)16(20)15(18)9-12-23(2,21)22/h3-5,7-8,15H,6,9-13,18H2,1-2H3/t15-,17+/m1/s1. The van der Waals surface area contributed by atoms with Crippen molar-refractivity contribution < 1.29 is 13.2 Å². The Morgan fingerprint density at radius 2 is 2.00 bits per heavy atom. The third-order valence-corrected chi connectivity index (χ3v) is 5.57. The van der Waals surface area contributed by atoms with Crippen LogP contribution in [0.15, 0.2) is 30.3 Å². The Hall–Kier alpha value is -1.40. The summed E-state index contributed by atoms with van der Waals surface area (Å²) in [4.78, 5) is 14.3. The number of likely N-dealkylation sites (tertiary alicyclic amines) is 1. The number of rotatable bonds is 5. The van der Waals surface area contributed by atoms with Crippen molar-refractivity contribution in [3.63, 3.8) is 0 Å².